The molecule has 1 atom stereocenters. The number of halogens is 4. The Bertz CT molecular complexity index is 614. The van der Waals surface area contributed by atoms with Gasteiger partial charge in [0.2, 0.25) is 0 Å². The molecule has 1 N–H and O–H groups in total. The van der Waals surface area contributed by atoms with Crippen LogP contribution < -0.4 is 5.32 Å². The lowest BCUT2D eigenvalue weighted by Gasteiger charge is -2.21. The second-order valence-corrected chi connectivity index (χ2v) is 5.56. The molecule has 21 heavy (non-hydrogen) atoms. The standard InChI is InChI=1S/C15H14BrF3N2/c1-20-14(7-10-6-11(16)9-21-8-10)12-4-2-3-5-13(12)15(17,18)19/h2-6,8-9,14,20H,7H2,1H3. The topological polar surface area (TPSA) is 24.9 Å². The van der Waals surface area contributed by atoms with E-state index in [2.05, 4.69) is 26.2 Å². The van der Waals surface area contributed by atoms with Crippen LogP contribution in [0.3, 0.4) is 0 Å². The number of hydrogen-bond acceptors (Lipinski definition) is 2. The van der Waals surface area contributed by atoms with Crippen LogP contribution in [-0.4, -0.2) is 12.0 Å². The van der Waals surface area contributed by atoms with E-state index in [4.69, 9.17) is 0 Å². The first kappa shape index (κ1) is 16.0. The zero-order valence-corrected chi connectivity index (χ0v) is 12.9. The molecule has 1 heterocycles. The van der Waals surface area contributed by atoms with Gasteiger partial charge in [-0.25, -0.2) is 0 Å². The van der Waals surface area contributed by atoms with Gasteiger partial charge in [0.15, 0.2) is 0 Å². The quantitative estimate of drug-likeness (QED) is 0.877. The maximum Gasteiger partial charge on any atom is 0.416 e. The Kier molecular flexibility index (Phi) is 5.00. The summed E-state index contributed by atoms with van der Waals surface area (Å²) in [7, 11) is 1.66. The lowest BCUT2D eigenvalue weighted by Crippen LogP contribution is -2.22. The van der Waals surface area contributed by atoms with E-state index in [1.54, 1.807) is 25.5 Å². The molecule has 2 nitrogen and oxygen atoms in total. The minimum atomic E-state index is -4.36. The molecule has 112 valence electrons. The second-order valence-electron chi connectivity index (χ2n) is 4.64. The zero-order chi connectivity index (χ0) is 15.5. The second kappa shape index (κ2) is 6.58. The van der Waals surface area contributed by atoms with Crippen molar-refractivity contribution in [2.45, 2.75) is 18.6 Å². The van der Waals surface area contributed by atoms with E-state index >= 15 is 0 Å². The molecule has 0 fully saturated rings. The van der Waals surface area contributed by atoms with Crippen molar-refractivity contribution in [1.29, 1.82) is 0 Å². The highest BCUT2D eigenvalue weighted by Gasteiger charge is 2.34. The summed E-state index contributed by atoms with van der Waals surface area (Å²) in [6, 6.07) is 7.06. The lowest BCUT2D eigenvalue weighted by molar-refractivity contribution is -0.138. The highest BCUT2D eigenvalue weighted by Crippen LogP contribution is 2.35. The Labute approximate surface area is 129 Å². The van der Waals surface area contributed by atoms with Gasteiger partial charge in [-0.05, 0) is 52.7 Å². The Morgan fingerprint density at radius 1 is 1.24 bits per heavy atom. The number of likely N-dealkylation sites (N-methyl/N-ethyl adjacent to an activating group) is 1. The van der Waals surface area contributed by atoms with Gasteiger partial charge in [0.05, 0.1) is 5.56 Å². The summed E-state index contributed by atoms with van der Waals surface area (Å²) in [5, 5.41) is 2.96. The fourth-order valence-corrected chi connectivity index (χ4v) is 2.64. The number of alkyl halides is 3. The number of benzene rings is 1. The minimum Gasteiger partial charge on any atom is -0.313 e. The van der Waals surface area contributed by atoms with Gasteiger partial charge in [-0.2, -0.15) is 13.2 Å². The molecular weight excluding hydrogens is 345 g/mol. The van der Waals surface area contributed by atoms with Crippen LogP contribution in [-0.2, 0) is 12.6 Å². The number of aromatic nitrogens is 1. The molecule has 0 radical (unpaired) electrons. The molecule has 0 spiro atoms. The SMILES string of the molecule is CNC(Cc1cncc(Br)c1)c1ccccc1C(F)(F)F. The first-order chi connectivity index (χ1) is 9.91. The van der Waals surface area contributed by atoms with Crippen LogP contribution in [0.2, 0.25) is 0 Å². The van der Waals surface area contributed by atoms with Gasteiger partial charge in [0.1, 0.15) is 0 Å². The van der Waals surface area contributed by atoms with Crippen molar-refractivity contribution in [3.8, 4) is 0 Å². The third-order valence-electron chi connectivity index (χ3n) is 3.19. The van der Waals surface area contributed by atoms with E-state index in [1.807, 2.05) is 6.07 Å². The predicted octanol–water partition coefficient (Wildman–Crippen LogP) is 4.37. The van der Waals surface area contributed by atoms with Crippen molar-refractivity contribution in [3.05, 3.63) is 63.9 Å². The molecular formula is C15H14BrF3N2. The van der Waals surface area contributed by atoms with E-state index in [0.29, 0.717) is 6.42 Å². The van der Waals surface area contributed by atoms with E-state index in [0.717, 1.165) is 16.1 Å². The van der Waals surface area contributed by atoms with Crippen molar-refractivity contribution >= 4 is 15.9 Å². The molecule has 0 amide bonds. The van der Waals surface area contributed by atoms with Gasteiger partial charge < -0.3 is 5.32 Å². The fraction of sp³-hybridized carbons (Fsp3) is 0.267. The Hall–Kier alpha value is -1.40. The van der Waals surface area contributed by atoms with Crippen LogP contribution in [0.1, 0.15) is 22.7 Å². The van der Waals surface area contributed by atoms with E-state index < -0.39 is 17.8 Å². The summed E-state index contributed by atoms with van der Waals surface area (Å²) in [5.74, 6) is 0. The van der Waals surface area contributed by atoms with Crippen molar-refractivity contribution in [3.63, 3.8) is 0 Å². The zero-order valence-electron chi connectivity index (χ0n) is 11.3. The van der Waals surface area contributed by atoms with Crippen molar-refractivity contribution < 1.29 is 13.2 Å². The summed E-state index contributed by atoms with van der Waals surface area (Å²) in [4.78, 5) is 4.04. The first-order valence-corrected chi connectivity index (χ1v) is 7.14. The molecule has 6 heteroatoms. The normalized spacial score (nSPS) is 13.2. The average Bonchev–Trinajstić information content (AvgIpc) is 2.44. The molecule has 1 unspecified atom stereocenters. The smallest absolute Gasteiger partial charge is 0.313 e. The van der Waals surface area contributed by atoms with Gasteiger partial charge in [-0.15, -0.1) is 0 Å². The van der Waals surface area contributed by atoms with Crippen LogP contribution in [0.5, 0.6) is 0 Å². The fourth-order valence-electron chi connectivity index (χ4n) is 2.23. The summed E-state index contributed by atoms with van der Waals surface area (Å²) >= 11 is 3.31. The van der Waals surface area contributed by atoms with Gasteiger partial charge in [-0.1, -0.05) is 18.2 Å². The maximum atomic E-state index is 13.1. The predicted molar refractivity (Wildman–Crippen MR) is 78.9 cm³/mol. The van der Waals surface area contributed by atoms with Gasteiger partial charge >= 0.3 is 6.18 Å². The summed E-state index contributed by atoms with van der Waals surface area (Å²) in [5.41, 5.74) is 0.500. The van der Waals surface area contributed by atoms with Crippen LogP contribution in [0.4, 0.5) is 13.2 Å². The summed E-state index contributed by atoms with van der Waals surface area (Å²) in [6.45, 7) is 0. The van der Waals surface area contributed by atoms with Crippen molar-refractivity contribution in [2.24, 2.45) is 0 Å². The summed E-state index contributed by atoms with van der Waals surface area (Å²) in [6.07, 6.45) is -0.635. The van der Waals surface area contributed by atoms with E-state index in [9.17, 15) is 13.2 Å². The molecule has 0 aliphatic rings. The van der Waals surface area contributed by atoms with Crippen molar-refractivity contribution in [2.75, 3.05) is 7.05 Å². The van der Waals surface area contributed by atoms with Gasteiger partial charge in [0, 0.05) is 22.9 Å². The molecule has 0 saturated carbocycles. The van der Waals surface area contributed by atoms with E-state index in [1.165, 1.54) is 12.1 Å². The van der Waals surface area contributed by atoms with Crippen LogP contribution in [0.25, 0.3) is 0 Å². The number of hydrogen-bond donors (Lipinski definition) is 1. The van der Waals surface area contributed by atoms with Crippen LogP contribution >= 0.6 is 15.9 Å². The van der Waals surface area contributed by atoms with Crippen LogP contribution in [0.15, 0.2) is 47.2 Å². The van der Waals surface area contributed by atoms with Gasteiger partial charge in [0.25, 0.3) is 0 Å². The number of nitrogens with zero attached hydrogens (tertiary/aromatic N) is 1. The Balaban J connectivity index is 2.34. The molecule has 0 saturated heterocycles. The highest BCUT2D eigenvalue weighted by molar-refractivity contribution is 9.10. The first-order valence-electron chi connectivity index (χ1n) is 6.34. The number of nitrogens with one attached hydrogen (secondary N) is 1. The molecule has 1 aromatic carbocycles. The molecule has 1 aromatic heterocycles. The Morgan fingerprint density at radius 2 is 1.95 bits per heavy atom. The van der Waals surface area contributed by atoms with Crippen LogP contribution in [0, 0.1) is 0 Å². The third-order valence-corrected chi connectivity index (χ3v) is 3.63. The largest absolute Gasteiger partial charge is 0.416 e. The van der Waals surface area contributed by atoms with E-state index in [-0.39, 0.29) is 5.56 Å². The summed E-state index contributed by atoms with van der Waals surface area (Å²) < 4.78 is 40.1. The lowest BCUT2D eigenvalue weighted by atomic mass is 9.95. The number of pyridine rings is 1. The molecule has 2 aromatic rings. The molecule has 2 rings (SSSR count). The van der Waals surface area contributed by atoms with Crippen molar-refractivity contribution in [1.82, 2.24) is 10.3 Å². The Morgan fingerprint density at radius 3 is 2.57 bits per heavy atom. The minimum absolute atomic E-state index is 0.243. The number of rotatable bonds is 4. The third kappa shape index (κ3) is 4.04. The van der Waals surface area contributed by atoms with Gasteiger partial charge in [-0.3, -0.25) is 4.98 Å². The molecule has 0 aliphatic heterocycles. The maximum absolute atomic E-state index is 13.1. The molecule has 0 bridgehead atoms. The highest BCUT2D eigenvalue weighted by atomic mass is 79.9. The average molecular weight is 359 g/mol. The molecule has 0 aliphatic carbocycles. The monoisotopic (exact) mass is 358 g/mol.